The number of hydrogen-bond donors (Lipinski definition) is 0. The fourth-order valence-electron chi connectivity index (χ4n) is 1.44. The van der Waals surface area contributed by atoms with Crippen molar-refractivity contribution in [2.75, 3.05) is 0 Å². The third-order valence-electron chi connectivity index (χ3n) is 2.44. The zero-order valence-electron chi connectivity index (χ0n) is 9.68. The van der Waals surface area contributed by atoms with Crippen LogP contribution in [0.3, 0.4) is 0 Å². The van der Waals surface area contributed by atoms with E-state index in [4.69, 9.17) is 11.6 Å². The van der Waals surface area contributed by atoms with Gasteiger partial charge in [-0.1, -0.05) is 29.3 Å². The first-order valence-corrected chi connectivity index (χ1v) is 5.73. The van der Waals surface area contributed by atoms with Crippen LogP contribution in [0.1, 0.15) is 15.9 Å². The van der Waals surface area contributed by atoms with Crippen LogP contribution in [0.15, 0.2) is 52.5 Å². The van der Waals surface area contributed by atoms with Crippen molar-refractivity contribution in [2.24, 2.45) is 4.99 Å². The van der Waals surface area contributed by atoms with E-state index in [0.717, 1.165) is 5.56 Å². The molecule has 0 atom stereocenters. The molecule has 0 aromatic heterocycles. The lowest BCUT2D eigenvalue weighted by Crippen LogP contribution is -2.06. The zero-order valence-corrected chi connectivity index (χ0v) is 10.4. The molecule has 0 unspecified atom stereocenters. The Hall–Kier alpha value is -2.00. The highest BCUT2D eigenvalue weighted by Crippen LogP contribution is 2.11. The Morgan fingerprint density at radius 1 is 1.17 bits per heavy atom. The number of nitrogens with zero attached hydrogens (tertiary/aromatic N) is 1. The van der Waals surface area contributed by atoms with Gasteiger partial charge in [-0.15, -0.1) is 0 Å². The number of amides is 1. The summed E-state index contributed by atoms with van der Waals surface area (Å²) in [5.41, 5.74) is 1.96. The standard InChI is InChI=1S/C14H10ClNO2/c1-9-2-4-10(5-3-9)14(18)16-11-6-7-13(17)12(15)8-11/h2-8H,1H3. The van der Waals surface area contributed by atoms with Crippen molar-refractivity contribution in [1.29, 1.82) is 0 Å². The van der Waals surface area contributed by atoms with Crippen LogP contribution in [0.25, 0.3) is 0 Å². The van der Waals surface area contributed by atoms with Crippen molar-refractivity contribution in [3.8, 4) is 0 Å². The maximum atomic E-state index is 11.8. The van der Waals surface area contributed by atoms with Crippen LogP contribution in [0.5, 0.6) is 0 Å². The highest BCUT2D eigenvalue weighted by atomic mass is 35.5. The minimum Gasteiger partial charge on any atom is -0.288 e. The predicted octanol–water partition coefficient (Wildman–Crippen LogP) is 2.84. The maximum Gasteiger partial charge on any atom is 0.277 e. The molecule has 0 fully saturated rings. The van der Waals surface area contributed by atoms with E-state index in [1.54, 1.807) is 12.1 Å². The lowest BCUT2D eigenvalue weighted by molar-refractivity contribution is -0.110. The molecule has 1 aliphatic rings. The van der Waals surface area contributed by atoms with Gasteiger partial charge in [0.05, 0.1) is 10.7 Å². The fourth-order valence-corrected chi connectivity index (χ4v) is 1.61. The molecule has 90 valence electrons. The van der Waals surface area contributed by atoms with Crippen LogP contribution < -0.4 is 0 Å². The van der Waals surface area contributed by atoms with Gasteiger partial charge in [0.15, 0.2) is 5.78 Å². The number of hydrogen-bond acceptors (Lipinski definition) is 2. The summed E-state index contributed by atoms with van der Waals surface area (Å²) < 4.78 is 0. The van der Waals surface area contributed by atoms with Crippen molar-refractivity contribution in [1.82, 2.24) is 0 Å². The maximum absolute atomic E-state index is 11.8. The number of ketones is 1. The average molecular weight is 260 g/mol. The number of allylic oxidation sites excluding steroid dienone is 4. The van der Waals surface area contributed by atoms with Crippen LogP contribution in [-0.4, -0.2) is 17.4 Å². The SMILES string of the molecule is Cc1ccc(C(=O)N=C2C=CC(=O)C(Cl)=C2)cc1. The summed E-state index contributed by atoms with van der Waals surface area (Å²) in [6, 6.07) is 7.11. The van der Waals surface area contributed by atoms with Crippen LogP contribution in [0.2, 0.25) is 0 Å². The number of aryl methyl sites for hydroxylation is 1. The summed E-state index contributed by atoms with van der Waals surface area (Å²) in [5.74, 6) is -0.636. The first-order valence-electron chi connectivity index (χ1n) is 5.35. The molecule has 0 spiro atoms. The Balaban J connectivity index is 2.24. The summed E-state index contributed by atoms with van der Waals surface area (Å²) in [7, 11) is 0. The number of halogens is 1. The molecule has 0 bridgehead atoms. The molecule has 18 heavy (non-hydrogen) atoms. The van der Waals surface area contributed by atoms with E-state index >= 15 is 0 Å². The van der Waals surface area contributed by atoms with E-state index in [1.807, 2.05) is 19.1 Å². The Labute approximate surface area is 109 Å². The third-order valence-corrected chi connectivity index (χ3v) is 2.74. The van der Waals surface area contributed by atoms with Gasteiger partial charge in [-0.3, -0.25) is 9.59 Å². The Bertz CT molecular complexity index is 595. The highest BCUT2D eigenvalue weighted by Gasteiger charge is 2.11. The molecule has 3 nitrogen and oxygen atoms in total. The molecule has 2 rings (SSSR count). The van der Waals surface area contributed by atoms with Crippen molar-refractivity contribution in [2.45, 2.75) is 6.92 Å². The van der Waals surface area contributed by atoms with E-state index in [0.29, 0.717) is 11.3 Å². The Morgan fingerprint density at radius 2 is 1.83 bits per heavy atom. The van der Waals surface area contributed by atoms with E-state index in [-0.39, 0.29) is 16.7 Å². The van der Waals surface area contributed by atoms with Gasteiger partial charge in [0, 0.05) is 5.56 Å². The smallest absolute Gasteiger partial charge is 0.277 e. The van der Waals surface area contributed by atoms with Gasteiger partial charge >= 0.3 is 0 Å². The van der Waals surface area contributed by atoms with Crippen LogP contribution >= 0.6 is 11.6 Å². The van der Waals surface area contributed by atoms with Crippen molar-refractivity contribution >= 4 is 29.0 Å². The van der Waals surface area contributed by atoms with Gasteiger partial charge in [-0.2, -0.15) is 0 Å². The molecule has 1 aromatic carbocycles. The second-order valence-electron chi connectivity index (χ2n) is 3.90. The van der Waals surface area contributed by atoms with Crippen molar-refractivity contribution in [3.05, 3.63) is 58.7 Å². The van der Waals surface area contributed by atoms with E-state index < -0.39 is 0 Å². The fraction of sp³-hybridized carbons (Fsp3) is 0.0714. The largest absolute Gasteiger partial charge is 0.288 e. The molecular weight excluding hydrogens is 250 g/mol. The van der Waals surface area contributed by atoms with Crippen molar-refractivity contribution in [3.63, 3.8) is 0 Å². The van der Waals surface area contributed by atoms with Crippen LogP contribution in [0.4, 0.5) is 0 Å². The number of rotatable bonds is 1. The minimum atomic E-state index is -0.357. The summed E-state index contributed by atoms with van der Waals surface area (Å²) in [6.07, 6.45) is 4.15. The topological polar surface area (TPSA) is 46.5 Å². The number of carbonyl (C=O) groups excluding carboxylic acids is 2. The number of benzene rings is 1. The van der Waals surface area contributed by atoms with E-state index in [2.05, 4.69) is 4.99 Å². The van der Waals surface area contributed by atoms with Gasteiger partial charge in [0.2, 0.25) is 0 Å². The van der Waals surface area contributed by atoms with Gasteiger partial charge < -0.3 is 0 Å². The molecule has 1 amide bonds. The predicted molar refractivity (Wildman–Crippen MR) is 71.0 cm³/mol. The molecule has 4 heteroatoms. The molecule has 0 heterocycles. The normalized spacial score (nSPS) is 16.9. The van der Waals surface area contributed by atoms with Crippen molar-refractivity contribution < 1.29 is 9.59 Å². The van der Waals surface area contributed by atoms with Crippen LogP contribution in [0, 0.1) is 6.92 Å². The second-order valence-corrected chi connectivity index (χ2v) is 4.30. The van der Waals surface area contributed by atoms with Gasteiger partial charge in [-0.05, 0) is 37.3 Å². The molecule has 0 aliphatic heterocycles. The lowest BCUT2D eigenvalue weighted by Gasteiger charge is -2.02. The first kappa shape index (κ1) is 12.5. The van der Waals surface area contributed by atoms with Crippen LogP contribution in [-0.2, 0) is 4.79 Å². The van der Waals surface area contributed by atoms with Gasteiger partial charge in [-0.25, -0.2) is 4.99 Å². The zero-order chi connectivity index (χ0) is 13.1. The molecule has 1 aromatic rings. The quantitative estimate of drug-likeness (QED) is 0.728. The molecular formula is C14H10ClNO2. The van der Waals surface area contributed by atoms with E-state index in [1.165, 1.54) is 18.2 Å². The molecule has 0 saturated carbocycles. The number of carbonyl (C=O) groups is 2. The minimum absolute atomic E-state index is 0.0629. The Kier molecular flexibility index (Phi) is 3.53. The third kappa shape index (κ3) is 2.81. The first-order chi connectivity index (χ1) is 8.56. The number of aliphatic imine (C=N–C) groups is 1. The molecule has 1 aliphatic carbocycles. The summed E-state index contributed by atoms with van der Waals surface area (Å²) in [5, 5.41) is 0.0629. The molecule has 0 radical (unpaired) electrons. The van der Waals surface area contributed by atoms with E-state index in [9.17, 15) is 9.59 Å². The highest BCUT2D eigenvalue weighted by molar-refractivity contribution is 6.47. The molecule has 0 N–H and O–H groups in total. The summed E-state index contributed by atoms with van der Waals surface area (Å²) >= 11 is 5.68. The monoisotopic (exact) mass is 259 g/mol. The second kappa shape index (κ2) is 5.10. The summed E-state index contributed by atoms with van der Waals surface area (Å²) in [6.45, 7) is 1.94. The summed E-state index contributed by atoms with van der Waals surface area (Å²) in [4.78, 5) is 26.8. The molecule has 0 saturated heterocycles. The lowest BCUT2D eigenvalue weighted by atomic mass is 10.1. The van der Waals surface area contributed by atoms with Gasteiger partial charge in [0.1, 0.15) is 0 Å². The average Bonchev–Trinajstić information content (AvgIpc) is 2.34. The van der Waals surface area contributed by atoms with Gasteiger partial charge in [0.25, 0.3) is 5.91 Å². The Morgan fingerprint density at radius 3 is 2.44 bits per heavy atom.